The molecule has 0 aliphatic carbocycles. The van der Waals surface area contributed by atoms with E-state index in [0.717, 1.165) is 27.3 Å². The summed E-state index contributed by atoms with van der Waals surface area (Å²) in [5, 5.41) is 2.60. The van der Waals surface area contributed by atoms with Crippen LogP contribution in [-0.2, 0) is 26.2 Å². The Balaban J connectivity index is 2.44. The maximum atomic E-state index is 13.4. The van der Waals surface area contributed by atoms with E-state index >= 15 is 0 Å². The third-order valence-corrected chi connectivity index (χ3v) is 6.25. The summed E-state index contributed by atoms with van der Waals surface area (Å²) in [6, 6.07) is 14.0. The maximum absolute atomic E-state index is 13.4. The Morgan fingerprint density at radius 1 is 1.06 bits per heavy atom. The Hall–Kier alpha value is -2.87. The molecule has 1 N–H and O–H groups in total. The highest BCUT2D eigenvalue weighted by molar-refractivity contribution is 7.92. The lowest BCUT2D eigenvalue weighted by atomic mass is 10.1. The van der Waals surface area contributed by atoms with Crippen LogP contribution in [0.3, 0.4) is 0 Å². The second-order valence-electron chi connectivity index (χ2n) is 7.61. The number of hydrogen-bond donors (Lipinski definition) is 1. The van der Waals surface area contributed by atoms with Crippen LogP contribution in [0.1, 0.15) is 30.0 Å². The quantitative estimate of drug-likeness (QED) is 0.643. The molecule has 2 amide bonds. The highest BCUT2D eigenvalue weighted by Gasteiger charge is 2.31. The summed E-state index contributed by atoms with van der Waals surface area (Å²) in [5.41, 5.74) is 3.06. The number of hydrogen-bond acceptors (Lipinski definition) is 4. The summed E-state index contributed by atoms with van der Waals surface area (Å²) < 4.78 is 26.3. The van der Waals surface area contributed by atoms with Crippen molar-refractivity contribution in [3.8, 4) is 0 Å². The average molecular weight is 446 g/mol. The first-order valence-electron chi connectivity index (χ1n) is 10.2. The van der Waals surface area contributed by atoms with E-state index in [4.69, 9.17) is 0 Å². The van der Waals surface area contributed by atoms with Crippen LogP contribution in [0.25, 0.3) is 0 Å². The van der Waals surface area contributed by atoms with E-state index in [1.54, 1.807) is 6.07 Å². The van der Waals surface area contributed by atoms with Crippen LogP contribution in [0.15, 0.2) is 48.5 Å². The van der Waals surface area contributed by atoms with Gasteiger partial charge in [0.1, 0.15) is 12.6 Å². The van der Waals surface area contributed by atoms with Gasteiger partial charge >= 0.3 is 0 Å². The van der Waals surface area contributed by atoms with Gasteiger partial charge in [-0.05, 0) is 37.5 Å². The summed E-state index contributed by atoms with van der Waals surface area (Å²) in [6.07, 6.45) is 1.48. The van der Waals surface area contributed by atoms with Crippen molar-refractivity contribution in [3.63, 3.8) is 0 Å². The maximum Gasteiger partial charge on any atom is 0.244 e. The van der Waals surface area contributed by atoms with E-state index in [0.29, 0.717) is 12.1 Å². The fraction of sp³-hybridized carbons (Fsp3) is 0.391. The minimum atomic E-state index is -3.73. The number of carbonyl (C=O) groups excluding carboxylic acids is 2. The molecule has 0 heterocycles. The van der Waals surface area contributed by atoms with Gasteiger partial charge in [0.2, 0.25) is 21.8 Å². The summed E-state index contributed by atoms with van der Waals surface area (Å²) >= 11 is 0. The fourth-order valence-corrected chi connectivity index (χ4v) is 4.45. The average Bonchev–Trinajstić information content (AvgIpc) is 2.72. The first-order valence-corrected chi connectivity index (χ1v) is 12.0. The molecular formula is C23H31N3O4S. The Bertz CT molecular complexity index is 1020. The van der Waals surface area contributed by atoms with Gasteiger partial charge in [-0.25, -0.2) is 8.42 Å². The number of rotatable bonds is 9. The van der Waals surface area contributed by atoms with Crippen molar-refractivity contribution in [1.82, 2.24) is 10.2 Å². The predicted octanol–water partition coefficient (Wildman–Crippen LogP) is 2.62. The molecule has 0 aliphatic heterocycles. The van der Waals surface area contributed by atoms with Crippen molar-refractivity contribution in [2.45, 2.75) is 39.8 Å². The molecule has 31 heavy (non-hydrogen) atoms. The van der Waals surface area contributed by atoms with Crippen molar-refractivity contribution in [2.24, 2.45) is 0 Å². The van der Waals surface area contributed by atoms with Gasteiger partial charge < -0.3 is 10.2 Å². The van der Waals surface area contributed by atoms with Crippen molar-refractivity contribution in [2.75, 3.05) is 24.2 Å². The van der Waals surface area contributed by atoms with E-state index in [1.165, 1.54) is 11.9 Å². The van der Waals surface area contributed by atoms with Gasteiger partial charge in [-0.3, -0.25) is 13.9 Å². The van der Waals surface area contributed by atoms with Crippen LogP contribution < -0.4 is 9.62 Å². The van der Waals surface area contributed by atoms with E-state index in [2.05, 4.69) is 5.32 Å². The molecule has 0 fully saturated rings. The van der Waals surface area contributed by atoms with Crippen LogP contribution in [0.5, 0.6) is 0 Å². The summed E-state index contributed by atoms with van der Waals surface area (Å²) in [6.45, 7) is 5.37. The van der Waals surface area contributed by atoms with Crippen molar-refractivity contribution in [1.29, 1.82) is 0 Å². The van der Waals surface area contributed by atoms with Gasteiger partial charge in [0.05, 0.1) is 11.9 Å². The molecular weight excluding hydrogens is 414 g/mol. The lowest BCUT2D eigenvalue weighted by Gasteiger charge is -2.33. The monoisotopic (exact) mass is 445 g/mol. The van der Waals surface area contributed by atoms with Crippen LogP contribution in [0, 0.1) is 13.8 Å². The molecule has 0 aliphatic rings. The van der Waals surface area contributed by atoms with E-state index in [1.807, 2.05) is 63.2 Å². The Kier molecular flexibility index (Phi) is 8.21. The number of anilines is 1. The van der Waals surface area contributed by atoms with Gasteiger partial charge in [-0.1, -0.05) is 55.0 Å². The normalized spacial score (nSPS) is 12.2. The smallest absolute Gasteiger partial charge is 0.244 e. The first kappa shape index (κ1) is 24.4. The van der Waals surface area contributed by atoms with Crippen molar-refractivity contribution in [3.05, 3.63) is 65.2 Å². The molecule has 2 aromatic rings. The molecule has 0 saturated heterocycles. The van der Waals surface area contributed by atoms with Crippen LogP contribution in [-0.4, -0.2) is 51.0 Å². The molecule has 168 valence electrons. The van der Waals surface area contributed by atoms with E-state index in [9.17, 15) is 18.0 Å². The molecule has 2 aromatic carbocycles. The largest absolute Gasteiger partial charge is 0.357 e. The molecule has 7 nitrogen and oxygen atoms in total. The molecule has 0 saturated carbocycles. The summed E-state index contributed by atoms with van der Waals surface area (Å²) in [5.74, 6) is -0.728. The zero-order valence-electron chi connectivity index (χ0n) is 18.8. The van der Waals surface area contributed by atoms with Gasteiger partial charge in [0, 0.05) is 13.6 Å². The van der Waals surface area contributed by atoms with Crippen molar-refractivity contribution < 1.29 is 18.0 Å². The molecule has 8 heteroatoms. The number of nitrogens with zero attached hydrogens (tertiary/aromatic N) is 2. The molecule has 0 spiro atoms. The molecule has 2 rings (SSSR count). The number of likely N-dealkylation sites (N-methyl/N-ethyl adjacent to an activating group) is 1. The number of aryl methyl sites for hydroxylation is 2. The highest BCUT2D eigenvalue weighted by Crippen LogP contribution is 2.24. The highest BCUT2D eigenvalue weighted by atomic mass is 32.2. The number of sulfonamides is 1. The predicted molar refractivity (Wildman–Crippen MR) is 123 cm³/mol. The second-order valence-corrected chi connectivity index (χ2v) is 9.51. The number of carbonyl (C=O) groups is 2. The second kappa shape index (κ2) is 10.4. The number of amides is 2. The lowest BCUT2D eigenvalue weighted by molar-refractivity contribution is -0.140. The lowest BCUT2D eigenvalue weighted by Crippen LogP contribution is -2.51. The standard InChI is InChI=1S/C23H31N3O4S/c1-6-20(23(28)24-4)25(15-19-10-8-7-9-11-19)22(27)16-26(31(5,29)30)21-13-12-17(2)14-18(21)3/h7-14,20H,6,15-16H2,1-5H3,(H,24,28). The minimum absolute atomic E-state index is 0.204. The molecule has 0 bridgehead atoms. The molecule has 0 aromatic heterocycles. The topological polar surface area (TPSA) is 86.8 Å². The molecule has 1 atom stereocenters. The zero-order chi connectivity index (χ0) is 23.2. The Morgan fingerprint density at radius 3 is 2.23 bits per heavy atom. The number of nitrogens with one attached hydrogen (secondary N) is 1. The van der Waals surface area contributed by atoms with Crippen LogP contribution in [0.2, 0.25) is 0 Å². The van der Waals surface area contributed by atoms with Gasteiger partial charge in [-0.2, -0.15) is 0 Å². The fourth-order valence-electron chi connectivity index (χ4n) is 3.55. The van der Waals surface area contributed by atoms with Crippen LogP contribution >= 0.6 is 0 Å². The van der Waals surface area contributed by atoms with Gasteiger partial charge in [0.25, 0.3) is 0 Å². The van der Waals surface area contributed by atoms with Crippen LogP contribution in [0.4, 0.5) is 5.69 Å². The van der Waals surface area contributed by atoms with E-state index < -0.39 is 22.0 Å². The summed E-state index contributed by atoms with van der Waals surface area (Å²) in [7, 11) is -2.21. The minimum Gasteiger partial charge on any atom is -0.357 e. The number of benzene rings is 2. The van der Waals surface area contributed by atoms with Crippen molar-refractivity contribution >= 4 is 27.5 Å². The van der Waals surface area contributed by atoms with Gasteiger partial charge in [0.15, 0.2) is 0 Å². The Labute approximate surface area is 185 Å². The molecule has 1 unspecified atom stereocenters. The van der Waals surface area contributed by atoms with Gasteiger partial charge in [-0.15, -0.1) is 0 Å². The Morgan fingerprint density at radius 2 is 1.71 bits per heavy atom. The SMILES string of the molecule is CCC(C(=O)NC)N(Cc1ccccc1)C(=O)CN(c1ccc(C)cc1C)S(C)(=O)=O. The zero-order valence-corrected chi connectivity index (χ0v) is 19.6. The first-order chi connectivity index (χ1) is 14.6. The third-order valence-electron chi connectivity index (χ3n) is 5.13. The van der Waals surface area contributed by atoms with E-state index in [-0.39, 0.29) is 19.0 Å². The molecule has 0 radical (unpaired) electrons. The third kappa shape index (κ3) is 6.30. The summed E-state index contributed by atoms with van der Waals surface area (Å²) in [4.78, 5) is 27.4.